The number of rotatable bonds is 4. The van der Waals surface area contributed by atoms with E-state index in [4.69, 9.17) is 9.47 Å². The van der Waals surface area contributed by atoms with Gasteiger partial charge in [-0.1, -0.05) is 28.1 Å². The highest BCUT2D eigenvalue weighted by molar-refractivity contribution is 9.10. The summed E-state index contributed by atoms with van der Waals surface area (Å²) in [5, 5.41) is 3.45. The molecule has 1 spiro atoms. The second-order valence-electron chi connectivity index (χ2n) is 6.79. The van der Waals surface area contributed by atoms with Gasteiger partial charge in [-0.3, -0.25) is 0 Å². The number of benzene rings is 1. The molecule has 1 aliphatic heterocycles. The largest absolute Gasteiger partial charge is 0.467 e. The fraction of sp³-hybridized carbons (Fsp3) is 0.611. The van der Waals surface area contributed by atoms with Crippen LogP contribution in [0.2, 0.25) is 0 Å². The molecular formula is C18H24BrNO3. The van der Waals surface area contributed by atoms with Gasteiger partial charge < -0.3 is 14.8 Å². The SMILES string of the molecule is COC(=O)COC1(c2ccc(Br)cc2)CCC2(CCNCC2)C1. The Morgan fingerprint density at radius 3 is 2.52 bits per heavy atom. The fourth-order valence-electron chi connectivity index (χ4n) is 4.10. The molecule has 1 heterocycles. The number of piperidine rings is 1. The number of hydrogen-bond acceptors (Lipinski definition) is 4. The van der Waals surface area contributed by atoms with E-state index in [-0.39, 0.29) is 18.2 Å². The molecule has 23 heavy (non-hydrogen) atoms. The minimum atomic E-state index is -0.369. The zero-order chi connectivity index (χ0) is 16.3. The Bertz CT molecular complexity index is 554. The van der Waals surface area contributed by atoms with Crippen molar-refractivity contribution in [3.8, 4) is 0 Å². The zero-order valence-electron chi connectivity index (χ0n) is 13.6. The highest BCUT2D eigenvalue weighted by Gasteiger charge is 2.50. The van der Waals surface area contributed by atoms with Gasteiger partial charge in [-0.2, -0.15) is 0 Å². The van der Waals surface area contributed by atoms with E-state index in [0.29, 0.717) is 5.41 Å². The Hall–Kier alpha value is -0.910. The number of halogens is 1. The summed E-state index contributed by atoms with van der Waals surface area (Å²) in [7, 11) is 1.40. The molecule has 0 aromatic heterocycles. The lowest BCUT2D eigenvalue weighted by Gasteiger charge is -2.37. The standard InChI is InChI=1S/C18H24BrNO3/c1-22-16(21)12-23-18(14-2-4-15(19)5-3-14)7-6-17(13-18)8-10-20-11-9-17/h2-5,20H,6-13H2,1H3. The lowest BCUT2D eigenvalue weighted by Crippen LogP contribution is -2.37. The van der Waals surface area contributed by atoms with Crippen LogP contribution in [0.5, 0.6) is 0 Å². The molecule has 126 valence electrons. The molecule has 4 nitrogen and oxygen atoms in total. The predicted molar refractivity (Wildman–Crippen MR) is 92.2 cm³/mol. The molecule has 1 saturated heterocycles. The van der Waals surface area contributed by atoms with Crippen LogP contribution < -0.4 is 5.32 Å². The van der Waals surface area contributed by atoms with Crippen molar-refractivity contribution in [3.05, 3.63) is 34.3 Å². The van der Waals surface area contributed by atoms with Gasteiger partial charge in [-0.15, -0.1) is 0 Å². The maximum Gasteiger partial charge on any atom is 0.331 e. The van der Waals surface area contributed by atoms with Crippen molar-refractivity contribution in [1.29, 1.82) is 0 Å². The summed E-state index contributed by atoms with van der Waals surface area (Å²) in [5.74, 6) is -0.312. The summed E-state index contributed by atoms with van der Waals surface area (Å²) in [4.78, 5) is 11.6. The molecule has 1 aliphatic carbocycles. The molecule has 0 radical (unpaired) electrons. The van der Waals surface area contributed by atoms with Crippen molar-refractivity contribution in [2.24, 2.45) is 5.41 Å². The van der Waals surface area contributed by atoms with Gasteiger partial charge in [-0.05, 0) is 68.3 Å². The van der Waals surface area contributed by atoms with Crippen LogP contribution in [0.3, 0.4) is 0 Å². The number of ether oxygens (including phenoxy) is 2. The molecule has 1 saturated carbocycles. The monoisotopic (exact) mass is 381 g/mol. The molecule has 1 aromatic rings. The van der Waals surface area contributed by atoms with Gasteiger partial charge in [0.15, 0.2) is 0 Å². The van der Waals surface area contributed by atoms with Gasteiger partial charge in [0, 0.05) is 4.47 Å². The van der Waals surface area contributed by atoms with Gasteiger partial charge in [0.1, 0.15) is 6.61 Å². The van der Waals surface area contributed by atoms with Crippen molar-refractivity contribution in [3.63, 3.8) is 0 Å². The minimum Gasteiger partial charge on any atom is -0.467 e. The molecule has 2 aliphatic rings. The molecule has 5 heteroatoms. The predicted octanol–water partition coefficient (Wildman–Crippen LogP) is 3.39. The highest BCUT2D eigenvalue weighted by atomic mass is 79.9. The number of esters is 1. The first-order valence-electron chi connectivity index (χ1n) is 8.25. The fourth-order valence-corrected chi connectivity index (χ4v) is 4.36. The summed E-state index contributed by atoms with van der Waals surface area (Å²) in [6.07, 6.45) is 5.48. The maximum absolute atomic E-state index is 11.6. The van der Waals surface area contributed by atoms with Gasteiger partial charge in [0.25, 0.3) is 0 Å². The van der Waals surface area contributed by atoms with Crippen molar-refractivity contribution in [2.45, 2.75) is 37.7 Å². The van der Waals surface area contributed by atoms with Crippen LogP contribution in [0.1, 0.15) is 37.7 Å². The van der Waals surface area contributed by atoms with E-state index in [9.17, 15) is 4.79 Å². The van der Waals surface area contributed by atoms with Crippen LogP contribution >= 0.6 is 15.9 Å². The molecule has 1 N–H and O–H groups in total. The van der Waals surface area contributed by atoms with Crippen LogP contribution in [0.25, 0.3) is 0 Å². The lowest BCUT2D eigenvalue weighted by atomic mass is 9.75. The molecule has 0 amide bonds. The van der Waals surface area contributed by atoms with Crippen LogP contribution in [-0.4, -0.2) is 32.8 Å². The van der Waals surface area contributed by atoms with Gasteiger partial charge in [-0.25, -0.2) is 4.79 Å². The maximum atomic E-state index is 11.6. The number of hydrogen-bond donors (Lipinski definition) is 1. The Balaban J connectivity index is 1.85. The average Bonchev–Trinajstić information content (AvgIpc) is 2.93. The van der Waals surface area contributed by atoms with Crippen molar-refractivity contribution in [2.75, 3.05) is 26.8 Å². The number of methoxy groups -OCH3 is 1. The molecule has 1 aromatic carbocycles. The minimum absolute atomic E-state index is 0.0148. The first-order valence-corrected chi connectivity index (χ1v) is 9.04. The van der Waals surface area contributed by atoms with E-state index < -0.39 is 0 Å². The summed E-state index contributed by atoms with van der Waals surface area (Å²) >= 11 is 3.49. The van der Waals surface area contributed by atoms with Crippen LogP contribution in [0, 0.1) is 5.41 Å². The summed E-state index contributed by atoms with van der Waals surface area (Å²) in [6.45, 7) is 2.17. The van der Waals surface area contributed by atoms with E-state index in [0.717, 1.165) is 36.8 Å². The third kappa shape index (κ3) is 3.62. The first kappa shape index (κ1) is 16.9. The van der Waals surface area contributed by atoms with E-state index in [2.05, 4.69) is 33.4 Å². The summed E-state index contributed by atoms with van der Waals surface area (Å²) in [5.41, 5.74) is 1.14. The number of nitrogens with one attached hydrogen (secondary N) is 1. The van der Waals surface area contributed by atoms with E-state index in [1.165, 1.54) is 25.5 Å². The number of carbonyl (C=O) groups is 1. The second kappa shape index (κ2) is 6.91. The molecular weight excluding hydrogens is 358 g/mol. The Kier molecular flexibility index (Phi) is 5.09. The molecule has 1 unspecified atom stereocenters. The van der Waals surface area contributed by atoms with Gasteiger partial charge in [0.2, 0.25) is 0 Å². The Labute approximate surface area is 146 Å². The highest BCUT2D eigenvalue weighted by Crippen LogP contribution is 2.55. The normalized spacial score (nSPS) is 26.3. The topological polar surface area (TPSA) is 47.6 Å². The van der Waals surface area contributed by atoms with Crippen LogP contribution in [0.4, 0.5) is 0 Å². The van der Waals surface area contributed by atoms with Crippen molar-refractivity contribution < 1.29 is 14.3 Å². The third-order valence-corrected chi connectivity index (χ3v) is 5.98. The smallest absolute Gasteiger partial charge is 0.331 e. The van der Waals surface area contributed by atoms with E-state index in [1.54, 1.807) is 0 Å². The average molecular weight is 382 g/mol. The zero-order valence-corrected chi connectivity index (χ0v) is 15.2. The molecule has 2 fully saturated rings. The Morgan fingerprint density at radius 2 is 1.87 bits per heavy atom. The van der Waals surface area contributed by atoms with Crippen molar-refractivity contribution in [1.82, 2.24) is 5.32 Å². The van der Waals surface area contributed by atoms with Crippen LogP contribution in [-0.2, 0) is 19.9 Å². The summed E-state index contributed by atoms with van der Waals surface area (Å²) in [6, 6.07) is 8.32. The summed E-state index contributed by atoms with van der Waals surface area (Å²) < 4.78 is 12.0. The van der Waals surface area contributed by atoms with Crippen LogP contribution in [0.15, 0.2) is 28.7 Å². The molecule has 1 atom stereocenters. The first-order chi connectivity index (χ1) is 11.1. The third-order valence-electron chi connectivity index (χ3n) is 5.45. The van der Waals surface area contributed by atoms with Crippen molar-refractivity contribution >= 4 is 21.9 Å². The van der Waals surface area contributed by atoms with Gasteiger partial charge in [0.05, 0.1) is 12.7 Å². The molecule has 0 bridgehead atoms. The number of carbonyl (C=O) groups excluding carboxylic acids is 1. The van der Waals surface area contributed by atoms with E-state index in [1.807, 2.05) is 12.1 Å². The van der Waals surface area contributed by atoms with Gasteiger partial charge >= 0.3 is 5.97 Å². The molecule has 3 rings (SSSR count). The van der Waals surface area contributed by atoms with E-state index >= 15 is 0 Å². The second-order valence-corrected chi connectivity index (χ2v) is 7.71. The quantitative estimate of drug-likeness (QED) is 0.812. The Morgan fingerprint density at radius 1 is 1.17 bits per heavy atom. The lowest BCUT2D eigenvalue weighted by molar-refractivity contribution is -0.154.